The van der Waals surface area contributed by atoms with Crippen molar-refractivity contribution >= 4 is 22.4 Å². The van der Waals surface area contributed by atoms with E-state index in [1.54, 1.807) is 0 Å². The van der Waals surface area contributed by atoms with E-state index in [2.05, 4.69) is 67.6 Å². The van der Waals surface area contributed by atoms with Crippen LogP contribution in [0.25, 0.3) is 10.8 Å². The highest BCUT2D eigenvalue weighted by Crippen LogP contribution is 2.43. The monoisotopic (exact) mass is 315 g/mol. The Bertz CT molecular complexity index is 885. The molecule has 1 heterocycles. The van der Waals surface area contributed by atoms with Crippen LogP contribution in [0.15, 0.2) is 66.7 Å². The van der Waals surface area contributed by atoms with Crippen molar-refractivity contribution in [3.8, 4) is 0 Å². The van der Waals surface area contributed by atoms with Gasteiger partial charge in [0, 0.05) is 24.6 Å². The van der Waals surface area contributed by atoms with Gasteiger partial charge in [0.25, 0.3) is 0 Å². The smallest absolute Gasteiger partial charge is 0.227 e. The van der Waals surface area contributed by atoms with Crippen LogP contribution >= 0.6 is 0 Å². The van der Waals surface area contributed by atoms with Gasteiger partial charge in [0.2, 0.25) is 5.91 Å². The molecule has 0 N–H and O–H groups in total. The van der Waals surface area contributed by atoms with Gasteiger partial charge in [-0.1, -0.05) is 67.6 Å². The van der Waals surface area contributed by atoms with Crippen LogP contribution in [-0.4, -0.2) is 12.5 Å². The molecule has 2 nitrogen and oxygen atoms in total. The summed E-state index contributed by atoms with van der Waals surface area (Å²) >= 11 is 0. The maximum atomic E-state index is 12.8. The summed E-state index contributed by atoms with van der Waals surface area (Å²) in [6.07, 6.45) is 1.51. The standard InChI is InChI=1S/C22H21NO/c1-2-14-23-20-13-12-17-10-6-7-11-18(17)22(20)19(15-21(23)24)16-8-4-3-5-9-16/h3-13,19H,2,14-15H2,1H3. The molecule has 0 bridgehead atoms. The Balaban J connectivity index is 1.98. The summed E-state index contributed by atoms with van der Waals surface area (Å²) in [6, 6.07) is 23.2. The molecule has 3 aromatic carbocycles. The quantitative estimate of drug-likeness (QED) is 0.657. The minimum absolute atomic E-state index is 0.132. The lowest BCUT2D eigenvalue weighted by atomic mass is 9.81. The van der Waals surface area contributed by atoms with E-state index < -0.39 is 0 Å². The number of rotatable bonds is 3. The minimum Gasteiger partial charge on any atom is -0.312 e. The molecule has 0 aliphatic carbocycles. The molecule has 1 aliphatic heterocycles. The Hall–Kier alpha value is -2.61. The maximum Gasteiger partial charge on any atom is 0.227 e. The van der Waals surface area contributed by atoms with Crippen LogP contribution in [0, 0.1) is 0 Å². The van der Waals surface area contributed by atoms with Gasteiger partial charge in [0.15, 0.2) is 0 Å². The van der Waals surface area contributed by atoms with E-state index in [0.717, 1.165) is 18.7 Å². The third-order valence-corrected chi connectivity index (χ3v) is 4.92. The van der Waals surface area contributed by atoms with E-state index in [1.807, 2.05) is 11.0 Å². The van der Waals surface area contributed by atoms with E-state index in [1.165, 1.54) is 21.9 Å². The van der Waals surface area contributed by atoms with Crippen LogP contribution in [0.4, 0.5) is 5.69 Å². The molecule has 0 spiro atoms. The third-order valence-electron chi connectivity index (χ3n) is 4.92. The minimum atomic E-state index is 0.132. The average molecular weight is 315 g/mol. The van der Waals surface area contributed by atoms with E-state index in [0.29, 0.717) is 6.42 Å². The molecular weight excluding hydrogens is 294 g/mol. The SMILES string of the molecule is CCCN1C(=O)CC(c2ccccc2)c2c1ccc1ccccc21. The van der Waals surface area contributed by atoms with E-state index >= 15 is 0 Å². The second-order valence-electron chi connectivity index (χ2n) is 6.43. The summed E-state index contributed by atoms with van der Waals surface area (Å²) in [5, 5.41) is 2.50. The predicted octanol–water partition coefficient (Wildman–Crippen LogP) is 5.12. The fraction of sp³-hybridized carbons (Fsp3) is 0.227. The second-order valence-corrected chi connectivity index (χ2v) is 6.43. The van der Waals surface area contributed by atoms with Crippen LogP contribution in [0.2, 0.25) is 0 Å². The summed E-state index contributed by atoms with van der Waals surface area (Å²) in [7, 11) is 0. The number of benzene rings is 3. The Kier molecular flexibility index (Phi) is 3.81. The van der Waals surface area contributed by atoms with E-state index in [4.69, 9.17) is 0 Å². The van der Waals surface area contributed by atoms with Crippen molar-refractivity contribution < 1.29 is 4.79 Å². The van der Waals surface area contributed by atoms with E-state index in [9.17, 15) is 4.79 Å². The fourth-order valence-electron chi connectivity index (χ4n) is 3.85. The van der Waals surface area contributed by atoms with Crippen LogP contribution in [0.5, 0.6) is 0 Å². The lowest BCUT2D eigenvalue weighted by Crippen LogP contribution is -2.37. The fourth-order valence-corrected chi connectivity index (χ4v) is 3.85. The topological polar surface area (TPSA) is 20.3 Å². The summed E-state index contributed by atoms with van der Waals surface area (Å²) in [5.41, 5.74) is 3.60. The molecule has 24 heavy (non-hydrogen) atoms. The summed E-state index contributed by atoms with van der Waals surface area (Å²) in [6.45, 7) is 2.91. The van der Waals surface area contributed by atoms with Gasteiger partial charge in [-0.3, -0.25) is 4.79 Å². The number of fused-ring (bicyclic) bond motifs is 3. The molecule has 1 amide bonds. The molecule has 0 saturated carbocycles. The Morgan fingerprint density at radius 1 is 0.958 bits per heavy atom. The molecule has 0 fully saturated rings. The first-order valence-electron chi connectivity index (χ1n) is 8.66. The highest BCUT2D eigenvalue weighted by Gasteiger charge is 2.32. The highest BCUT2D eigenvalue weighted by molar-refractivity contribution is 6.03. The Morgan fingerprint density at radius 3 is 2.50 bits per heavy atom. The average Bonchev–Trinajstić information content (AvgIpc) is 2.64. The van der Waals surface area contributed by atoms with Crippen molar-refractivity contribution in [3.05, 3.63) is 77.9 Å². The number of anilines is 1. The normalized spacial score (nSPS) is 17.1. The molecule has 0 saturated heterocycles. The first-order chi connectivity index (χ1) is 11.8. The molecule has 0 radical (unpaired) electrons. The zero-order valence-corrected chi connectivity index (χ0v) is 13.9. The van der Waals surface area contributed by atoms with E-state index in [-0.39, 0.29) is 11.8 Å². The van der Waals surface area contributed by atoms with Crippen molar-refractivity contribution in [3.63, 3.8) is 0 Å². The molecule has 0 aromatic heterocycles. The van der Waals surface area contributed by atoms with Gasteiger partial charge < -0.3 is 4.90 Å². The number of carbonyl (C=O) groups is 1. The molecular formula is C22H21NO. The maximum absolute atomic E-state index is 12.8. The Labute approximate surface area is 142 Å². The number of hydrogen-bond acceptors (Lipinski definition) is 1. The Morgan fingerprint density at radius 2 is 1.71 bits per heavy atom. The molecule has 4 rings (SSSR count). The molecule has 120 valence electrons. The van der Waals surface area contributed by atoms with Gasteiger partial charge >= 0.3 is 0 Å². The molecule has 1 unspecified atom stereocenters. The van der Waals surface area contributed by atoms with Gasteiger partial charge in [-0.25, -0.2) is 0 Å². The predicted molar refractivity (Wildman–Crippen MR) is 99.5 cm³/mol. The van der Waals surface area contributed by atoms with Crippen LogP contribution in [0.3, 0.4) is 0 Å². The van der Waals surface area contributed by atoms with Crippen molar-refractivity contribution in [1.29, 1.82) is 0 Å². The van der Waals surface area contributed by atoms with Gasteiger partial charge in [0.05, 0.1) is 0 Å². The first-order valence-corrected chi connectivity index (χ1v) is 8.66. The number of hydrogen-bond donors (Lipinski definition) is 0. The molecule has 1 atom stereocenters. The number of nitrogens with zero attached hydrogens (tertiary/aromatic N) is 1. The third kappa shape index (κ3) is 2.39. The summed E-state index contributed by atoms with van der Waals surface area (Å²) in [5.74, 6) is 0.362. The summed E-state index contributed by atoms with van der Waals surface area (Å²) < 4.78 is 0. The van der Waals surface area contributed by atoms with Crippen LogP contribution < -0.4 is 4.90 Å². The lowest BCUT2D eigenvalue weighted by molar-refractivity contribution is -0.119. The van der Waals surface area contributed by atoms with Crippen molar-refractivity contribution in [2.45, 2.75) is 25.7 Å². The molecule has 3 aromatic rings. The molecule has 2 heteroatoms. The number of amides is 1. The largest absolute Gasteiger partial charge is 0.312 e. The van der Waals surface area contributed by atoms with Crippen molar-refractivity contribution in [2.75, 3.05) is 11.4 Å². The molecule has 1 aliphatic rings. The lowest BCUT2D eigenvalue weighted by Gasteiger charge is -2.35. The van der Waals surface area contributed by atoms with Crippen molar-refractivity contribution in [1.82, 2.24) is 0 Å². The highest BCUT2D eigenvalue weighted by atomic mass is 16.2. The van der Waals surface area contributed by atoms with Gasteiger partial charge in [-0.2, -0.15) is 0 Å². The number of carbonyl (C=O) groups excluding carboxylic acids is 1. The van der Waals surface area contributed by atoms with Gasteiger partial charge in [0.1, 0.15) is 0 Å². The zero-order chi connectivity index (χ0) is 16.5. The van der Waals surface area contributed by atoms with Gasteiger partial charge in [-0.05, 0) is 34.4 Å². The van der Waals surface area contributed by atoms with Crippen LogP contribution in [0.1, 0.15) is 36.8 Å². The zero-order valence-electron chi connectivity index (χ0n) is 13.9. The summed E-state index contributed by atoms with van der Waals surface area (Å²) in [4.78, 5) is 14.8. The van der Waals surface area contributed by atoms with Crippen molar-refractivity contribution in [2.24, 2.45) is 0 Å². The van der Waals surface area contributed by atoms with Gasteiger partial charge in [-0.15, -0.1) is 0 Å². The first kappa shape index (κ1) is 14.9. The van der Waals surface area contributed by atoms with Crippen LogP contribution in [-0.2, 0) is 4.79 Å². The second kappa shape index (κ2) is 6.12.